The van der Waals surface area contributed by atoms with Gasteiger partial charge in [-0.1, -0.05) is 59.9 Å². The Kier molecular flexibility index (Phi) is 5.61. The van der Waals surface area contributed by atoms with Gasteiger partial charge < -0.3 is 9.64 Å². The number of thiazole rings is 1. The SMILES string of the molecule is COc1cccc(C2C3=C(N=c4sc(=Cc5ccc(N(C)C)cc5)c(=O)n42)c2ccccc2CC3)c1. The predicted molar refractivity (Wildman–Crippen MR) is 147 cm³/mol. The van der Waals surface area contributed by atoms with E-state index in [1.807, 2.05) is 55.1 Å². The summed E-state index contributed by atoms with van der Waals surface area (Å²) in [6, 6.07) is 24.6. The van der Waals surface area contributed by atoms with E-state index in [1.54, 1.807) is 7.11 Å². The van der Waals surface area contributed by atoms with Crippen molar-refractivity contribution >= 4 is 28.8 Å². The topological polar surface area (TPSA) is 46.8 Å². The van der Waals surface area contributed by atoms with Gasteiger partial charge in [-0.05, 0) is 65.4 Å². The Morgan fingerprint density at radius 2 is 1.83 bits per heavy atom. The lowest BCUT2D eigenvalue weighted by molar-refractivity contribution is 0.413. The van der Waals surface area contributed by atoms with Gasteiger partial charge in [0.05, 0.1) is 23.4 Å². The summed E-state index contributed by atoms with van der Waals surface area (Å²) in [5.41, 5.74) is 7.83. The fourth-order valence-corrected chi connectivity index (χ4v) is 6.16. The minimum atomic E-state index is -0.210. The van der Waals surface area contributed by atoms with E-state index in [0.717, 1.165) is 45.9 Å². The highest BCUT2D eigenvalue weighted by molar-refractivity contribution is 7.07. The molecule has 0 bridgehead atoms. The Labute approximate surface area is 213 Å². The van der Waals surface area contributed by atoms with Gasteiger partial charge in [0.15, 0.2) is 4.80 Å². The highest BCUT2D eigenvalue weighted by Gasteiger charge is 2.32. The molecule has 1 aliphatic heterocycles. The van der Waals surface area contributed by atoms with Gasteiger partial charge in [-0.15, -0.1) is 0 Å². The summed E-state index contributed by atoms with van der Waals surface area (Å²) in [7, 11) is 5.71. The molecule has 0 radical (unpaired) electrons. The van der Waals surface area contributed by atoms with Gasteiger partial charge in [0.25, 0.3) is 5.56 Å². The Morgan fingerprint density at radius 3 is 2.61 bits per heavy atom. The summed E-state index contributed by atoms with van der Waals surface area (Å²) in [5.74, 6) is 0.783. The predicted octanol–water partition coefficient (Wildman–Crippen LogP) is 4.39. The van der Waals surface area contributed by atoms with Crippen LogP contribution in [0.2, 0.25) is 0 Å². The fraction of sp³-hybridized carbons (Fsp3) is 0.200. The first-order valence-corrected chi connectivity index (χ1v) is 12.9. The van der Waals surface area contributed by atoms with Crippen LogP contribution in [-0.2, 0) is 6.42 Å². The molecule has 6 heteroatoms. The molecular weight excluding hydrogens is 466 g/mol. The average Bonchev–Trinajstić information content (AvgIpc) is 3.22. The third-order valence-electron chi connectivity index (χ3n) is 6.99. The van der Waals surface area contributed by atoms with Crippen molar-refractivity contribution in [1.82, 2.24) is 4.57 Å². The smallest absolute Gasteiger partial charge is 0.271 e. The molecule has 3 aromatic carbocycles. The number of anilines is 1. The third-order valence-corrected chi connectivity index (χ3v) is 7.97. The number of aromatic nitrogens is 1. The number of fused-ring (bicyclic) bond motifs is 3. The number of ether oxygens (including phenoxy) is 1. The van der Waals surface area contributed by atoms with Crippen LogP contribution in [0.4, 0.5) is 5.69 Å². The monoisotopic (exact) mass is 493 g/mol. The first-order chi connectivity index (χ1) is 17.5. The van der Waals surface area contributed by atoms with Gasteiger partial charge in [0.2, 0.25) is 0 Å². The van der Waals surface area contributed by atoms with Gasteiger partial charge in [-0.3, -0.25) is 9.36 Å². The van der Waals surface area contributed by atoms with Crippen LogP contribution in [0.1, 0.15) is 34.7 Å². The maximum absolute atomic E-state index is 13.9. The molecule has 2 aliphatic rings. The summed E-state index contributed by atoms with van der Waals surface area (Å²) in [6.07, 6.45) is 3.78. The van der Waals surface area contributed by atoms with Crippen molar-refractivity contribution in [2.75, 3.05) is 26.1 Å². The van der Waals surface area contributed by atoms with Crippen LogP contribution in [0.15, 0.2) is 88.2 Å². The molecule has 0 amide bonds. The molecule has 1 atom stereocenters. The Hall–Kier alpha value is -3.90. The summed E-state index contributed by atoms with van der Waals surface area (Å²) in [5, 5.41) is 0. The van der Waals surface area contributed by atoms with Gasteiger partial charge in [-0.2, -0.15) is 0 Å². The quantitative estimate of drug-likeness (QED) is 0.424. The minimum Gasteiger partial charge on any atom is -0.497 e. The average molecular weight is 494 g/mol. The Morgan fingerprint density at radius 1 is 1.03 bits per heavy atom. The standard InChI is InChI=1S/C30H27N3O2S/c1-32(2)22-14-11-19(12-15-22)17-26-29(34)33-28(21-8-6-9-23(18-21)35-3)25-16-13-20-7-4-5-10-24(20)27(25)31-30(33)36-26/h4-12,14-15,17-18,28H,13,16H2,1-3H3. The van der Waals surface area contributed by atoms with E-state index in [9.17, 15) is 4.79 Å². The third kappa shape index (κ3) is 3.78. The molecule has 0 saturated heterocycles. The second kappa shape index (κ2) is 8.95. The largest absolute Gasteiger partial charge is 0.497 e. The lowest BCUT2D eigenvalue weighted by atomic mass is 9.83. The van der Waals surface area contributed by atoms with Crippen molar-refractivity contribution < 1.29 is 4.74 Å². The zero-order valence-corrected chi connectivity index (χ0v) is 21.4. The number of hydrogen-bond acceptors (Lipinski definition) is 5. The first kappa shape index (κ1) is 22.6. The van der Waals surface area contributed by atoms with Gasteiger partial charge in [-0.25, -0.2) is 4.99 Å². The number of aryl methyl sites for hydroxylation is 1. The number of benzene rings is 3. The maximum atomic E-state index is 13.9. The molecule has 0 spiro atoms. The lowest BCUT2D eigenvalue weighted by Crippen LogP contribution is -2.38. The Bertz CT molecular complexity index is 1680. The van der Waals surface area contributed by atoms with E-state index in [1.165, 1.54) is 28.0 Å². The van der Waals surface area contributed by atoms with Crippen molar-refractivity contribution in [3.63, 3.8) is 0 Å². The fourth-order valence-electron chi connectivity index (χ4n) is 5.15. The van der Waals surface area contributed by atoms with Crippen molar-refractivity contribution in [3.05, 3.63) is 120 Å². The van der Waals surface area contributed by atoms with E-state index < -0.39 is 0 Å². The van der Waals surface area contributed by atoms with Crippen molar-refractivity contribution in [3.8, 4) is 5.75 Å². The highest BCUT2D eigenvalue weighted by atomic mass is 32.1. The van der Waals surface area contributed by atoms with Crippen LogP contribution in [-0.4, -0.2) is 25.8 Å². The van der Waals surface area contributed by atoms with Crippen LogP contribution in [0.5, 0.6) is 5.75 Å². The molecule has 0 saturated carbocycles. The van der Waals surface area contributed by atoms with E-state index in [-0.39, 0.29) is 11.6 Å². The lowest BCUT2D eigenvalue weighted by Gasteiger charge is -2.31. The summed E-state index contributed by atoms with van der Waals surface area (Å²) >= 11 is 1.46. The van der Waals surface area contributed by atoms with Crippen LogP contribution >= 0.6 is 11.3 Å². The maximum Gasteiger partial charge on any atom is 0.271 e. The van der Waals surface area contributed by atoms with E-state index in [4.69, 9.17) is 9.73 Å². The summed E-state index contributed by atoms with van der Waals surface area (Å²) in [4.78, 5) is 21.8. The van der Waals surface area contributed by atoms with Gasteiger partial charge in [0.1, 0.15) is 5.75 Å². The Balaban J connectivity index is 1.57. The molecule has 0 N–H and O–H groups in total. The first-order valence-electron chi connectivity index (χ1n) is 12.1. The molecular formula is C30H27N3O2S. The van der Waals surface area contributed by atoms with Crippen molar-refractivity contribution in [1.29, 1.82) is 0 Å². The van der Waals surface area contributed by atoms with Crippen LogP contribution < -0.4 is 24.5 Å². The zero-order chi connectivity index (χ0) is 24.8. The van der Waals surface area contributed by atoms with Crippen LogP contribution in [0.3, 0.4) is 0 Å². The van der Waals surface area contributed by atoms with Crippen LogP contribution in [0.25, 0.3) is 11.8 Å². The molecule has 1 aromatic heterocycles. The number of hydrogen-bond donors (Lipinski definition) is 0. The number of rotatable bonds is 4. The molecule has 1 aliphatic carbocycles. The molecule has 2 heterocycles. The van der Waals surface area contributed by atoms with Gasteiger partial charge in [0, 0.05) is 25.3 Å². The van der Waals surface area contributed by atoms with Gasteiger partial charge >= 0.3 is 0 Å². The number of methoxy groups -OCH3 is 1. The highest BCUT2D eigenvalue weighted by Crippen LogP contribution is 2.41. The van der Waals surface area contributed by atoms with Crippen LogP contribution in [0, 0.1) is 0 Å². The second-order valence-corrected chi connectivity index (χ2v) is 10.4. The number of allylic oxidation sites excluding steroid dienone is 1. The van der Waals surface area contributed by atoms with E-state index >= 15 is 0 Å². The zero-order valence-electron chi connectivity index (χ0n) is 20.6. The van der Waals surface area contributed by atoms with Crippen molar-refractivity contribution in [2.24, 2.45) is 4.99 Å². The molecule has 1 unspecified atom stereocenters. The molecule has 5 nitrogen and oxygen atoms in total. The summed E-state index contributed by atoms with van der Waals surface area (Å²) < 4.78 is 8.10. The van der Waals surface area contributed by atoms with Crippen molar-refractivity contribution in [2.45, 2.75) is 18.9 Å². The molecule has 0 fully saturated rings. The molecule has 4 aromatic rings. The van der Waals surface area contributed by atoms with E-state index in [0.29, 0.717) is 4.53 Å². The second-order valence-electron chi connectivity index (χ2n) is 9.38. The van der Waals surface area contributed by atoms with E-state index in [2.05, 4.69) is 47.4 Å². The molecule has 36 heavy (non-hydrogen) atoms. The normalized spacial score (nSPS) is 16.6. The minimum absolute atomic E-state index is 0.00587. The summed E-state index contributed by atoms with van der Waals surface area (Å²) in [6.45, 7) is 0. The molecule has 180 valence electrons. The molecule has 6 rings (SSSR count). The number of nitrogens with zero attached hydrogens (tertiary/aromatic N) is 3.